The summed E-state index contributed by atoms with van der Waals surface area (Å²) in [5.74, 6) is 0.266. The number of tetrazole rings is 1. The van der Waals surface area contributed by atoms with Crippen molar-refractivity contribution in [3.63, 3.8) is 0 Å². The number of aromatic nitrogens is 4. The molecule has 2 aromatic carbocycles. The van der Waals surface area contributed by atoms with Gasteiger partial charge in [-0.25, -0.2) is 0 Å². The Bertz CT molecular complexity index is 970. The molecule has 8 heteroatoms. The maximum Gasteiger partial charge on any atom is 0.253 e. The average Bonchev–Trinajstić information content (AvgIpc) is 3.23. The van der Waals surface area contributed by atoms with Crippen molar-refractivity contribution in [2.24, 2.45) is 0 Å². The highest BCUT2D eigenvalue weighted by atomic mass is 16.2. The topological polar surface area (TPSA) is 93.0 Å². The maximum absolute atomic E-state index is 12.9. The molecule has 0 aliphatic heterocycles. The fourth-order valence-corrected chi connectivity index (χ4v) is 2.81. The van der Waals surface area contributed by atoms with E-state index in [-0.39, 0.29) is 24.3 Å². The summed E-state index contributed by atoms with van der Waals surface area (Å²) >= 11 is 0. The summed E-state index contributed by atoms with van der Waals surface area (Å²) in [6, 6.07) is 16.5. The number of carbonyl (C=O) groups excluding carboxylic acids is 2. The Morgan fingerprint density at radius 3 is 2.61 bits per heavy atom. The number of para-hydroxylation sites is 1. The van der Waals surface area contributed by atoms with Crippen LogP contribution < -0.4 is 5.32 Å². The van der Waals surface area contributed by atoms with Gasteiger partial charge < -0.3 is 10.2 Å². The second kappa shape index (κ2) is 8.43. The Labute approximate surface area is 163 Å². The largest absolute Gasteiger partial charge is 0.359 e. The first-order valence-corrected chi connectivity index (χ1v) is 8.93. The van der Waals surface area contributed by atoms with Crippen molar-refractivity contribution in [3.8, 4) is 17.1 Å². The zero-order valence-corrected chi connectivity index (χ0v) is 16.0. The summed E-state index contributed by atoms with van der Waals surface area (Å²) in [6.45, 7) is 1.84. The molecule has 2 amide bonds. The molecule has 0 bridgehead atoms. The van der Waals surface area contributed by atoms with Crippen molar-refractivity contribution in [1.29, 1.82) is 0 Å². The molecule has 0 saturated heterocycles. The minimum atomic E-state index is -0.231. The van der Waals surface area contributed by atoms with Gasteiger partial charge in [0.1, 0.15) is 0 Å². The smallest absolute Gasteiger partial charge is 0.253 e. The third-order valence-corrected chi connectivity index (χ3v) is 4.58. The van der Waals surface area contributed by atoms with Crippen LogP contribution in [-0.4, -0.2) is 57.1 Å². The molecule has 0 radical (unpaired) electrons. The van der Waals surface area contributed by atoms with Gasteiger partial charge >= 0.3 is 0 Å². The number of amides is 2. The summed E-state index contributed by atoms with van der Waals surface area (Å²) in [5, 5.41) is 14.5. The minimum Gasteiger partial charge on any atom is -0.359 e. The predicted octanol–water partition coefficient (Wildman–Crippen LogP) is 1.93. The van der Waals surface area contributed by atoms with Crippen molar-refractivity contribution in [3.05, 3.63) is 60.2 Å². The monoisotopic (exact) mass is 378 g/mol. The zero-order valence-electron chi connectivity index (χ0n) is 16.0. The van der Waals surface area contributed by atoms with Crippen LogP contribution in [0.3, 0.4) is 0 Å². The van der Waals surface area contributed by atoms with E-state index in [1.54, 1.807) is 41.9 Å². The van der Waals surface area contributed by atoms with Crippen molar-refractivity contribution in [1.82, 2.24) is 30.4 Å². The van der Waals surface area contributed by atoms with Crippen molar-refractivity contribution in [2.75, 3.05) is 14.1 Å². The molecule has 3 rings (SSSR count). The van der Waals surface area contributed by atoms with Crippen LogP contribution in [0.2, 0.25) is 0 Å². The van der Waals surface area contributed by atoms with Gasteiger partial charge in [-0.15, -0.1) is 5.10 Å². The molecule has 1 atom stereocenters. The second-order valence-corrected chi connectivity index (χ2v) is 6.47. The fourth-order valence-electron chi connectivity index (χ4n) is 2.81. The van der Waals surface area contributed by atoms with E-state index in [0.717, 1.165) is 11.3 Å². The first kappa shape index (κ1) is 19.2. The number of nitrogens with one attached hydrogen (secondary N) is 1. The highest BCUT2D eigenvalue weighted by Gasteiger charge is 2.20. The highest BCUT2D eigenvalue weighted by Crippen LogP contribution is 2.21. The summed E-state index contributed by atoms with van der Waals surface area (Å²) in [5.41, 5.74) is 2.06. The lowest BCUT2D eigenvalue weighted by molar-refractivity contribution is -0.121. The van der Waals surface area contributed by atoms with E-state index in [1.807, 2.05) is 43.3 Å². The van der Waals surface area contributed by atoms with Crippen LogP contribution in [0.4, 0.5) is 0 Å². The molecule has 28 heavy (non-hydrogen) atoms. The molecule has 1 heterocycles. The quantitative estimate of drug-likeness (QED) is 0.707. The Balaban J connectivity index is 1.87. The molecule has 0 spiro atoms. The highest BCUT2D eigenvalue weighted by molar-refractivity contribution is 5.95. The lowest BCUT2D eigenvalue weighted by Crippen LogP contribution is -2.38. The molecular formula is C20H22N6O2. The number of carbonyl (C=O) groups is 2. The van der Waals surface area contributed by atoms with Crippen LogP contribution in [-0.2, 0) is 4.79 Å². The van der Waals surface area contributed by atoms with E-state index < -0.39 is 0 Å². The van der Waals surface area contributed by atoms with E-state index in [0.29, 0.717) is 11.4 Å². The SMILES string of the molecule is CNC(=O)C[C@@H](C)N(C)C(=O)c1cccc(-c2nnnn2-c2ccccc2)c1. The molecule has 8 nitrogen and oxygen atoms in total. The molecule has 0 saturated carbocycles. The van der Waals surface area contributed by atoms with Crippen LogP contribution in [0.5, 0.6) is 0 Å². The second-order valence-electron chi connectivity index (χ2n) is 6.47. The van der Waals surface area contributed by atoms with Gasteiger partial charge in [-0.1, -0.05) is 30.3 Å². The van der Waals surface area contributed by atoms with E-state index in [4.69, 9.17) is 0 Å². The van der Waals surface area contributed by atoms with E-state index in [9.17, 15) is 9.59 Å². The first-order chi connectivity index (χ1) is 13.5. The molecule has 3 aromatic rings. The van der Waals surface area contributed by atoms with Gasteiger partial charge in [0, 0.05) is 37.7 Å². The lowest BCUT2D eigenvalue weighted by Gasteiger charge is -2.24. The summed E-state index contributed by atoms with van der Waals surface area (Å²) in [4.78, 5) is 26.0. The van der Waals surface area contributed by atoms with Gasteiger partial charge in [-0.05, 0) is 41.6 Å². The molecule has 0 fully saturated rings. The molecule has 0 aliphatic rings. The number of hydrogen-bond donors (Lipinski definition) is 1. The minimum absolute atomic E-state index is 0.108. The predicted molar refractivity (Wildman–Crippen MR) is 105 cm³/mol. The molecule has 1 aromatic heterocycles. The van der Waals surface area contributed by atoms with Crippen molar-refractivity contribution >= 4 is 11.8 Å². The molecule has 0 aliphatic carbocycles. The first-order valence-electron chi connectivity index (χ1n) is 8.93. The number of nitrogens with zero attached hydrogens (tertiary/aromatic N) is 5. The van der Waals surface area contributed by atoms with Crippen LogP contribution >= 0.6 is 0 Å². The third kappa shape index (κ3) is 4.06. The van der Waals surface area contributed by atoms with Crippen molar-refractivity contribution < 1.29 is 9.59 Å². The molecule has 144 valence electrons. The zero-order chi connectivity index (χ0) is 20.1. The third-order valence-electron chi connectivity index (χ3n) is 4.58. The normalized spacial score (nSPS) is 11.7. The van der Waals surface area contributed by atoms with Crippen LogP contribution in [0.15, 0.2) is 54.6 Å². The van der Waals surface area contributed by atoms with Gasteiger partial charge in [-0.3, -0.25) is 9.59 Å². The Morgan fingerprint density at radius 1 is 1.14 bits per heavy atom. The van der Waals surface area contributed by atoms with E-state index >= 15 is 0 Å². The van der Waals surface area contributed by atoms with E-state index in [2.05, 4.69) is 20.8 Å². The van der Waals surface area contributed by atoms with Gasteiger partial charge in [0.2, 0.25) is 5.91 Å². The van der Waals surface area contributed by atoms with Gasteiger partial charge in [0.05, 0.1) is 5.69 Å². The van der Waals surface area contributed by atoms with Crippen LogP contribution in [0, 0.1) is 0 Å². The Morgan fingerprint density at radius 2 is 1.89 bits per heavy atom. The van der Waals surface area contributed by atoms with E-state index in [1.165, 1.54) is 0 Å². The van der Waals surface area contributed by atoms with Crippen molar-refractivity contribution in [2.45, 2.75) is 19.4 Å². The molecule has 1 N–H and O–H groups in total. The summed E-state index contributed by atoms with van der Waals surface area (Å²) in [7, 11) is 3.27. The lowest BCUT2D eigenvalue weighted by atomic mass is 10.1. The molecule has 0 unspecified atom stereocenters. The maximum atomic E-state index is 12.9. The average molecular weight is 378 g/mol. The Kier molecular flexibility index (Phi) is 5.78. The van der Waals surface area contributed by atoms with Gasteiger partial charge in [0.25, 0.3) is 5.91 Å². The standard InChI is InChI=1S/C20H22N6O2/c1-14(12-18(27)21-2)25(3)20(28)16-9-7-8-15(13-16)19-22-23-24-26(19)17-10-5-4-6-11-17/h4-11,13-14H,12H2,1-3H3,(H,21,27)/t14-/m1/s1. The fraction of sp³-hybridized carbons (Fsp3) is 0.250. The Hall–Kier alpha value is -3.55. The summed E-state index contributed by atoms with van der Waals surface area (Å²) < 4.78 is 1.63. The summed E-state index contributed by atoms with van der Waals surface area (Å²) in [6.07, 6.45) is 0.241. The number of benzene rings is 2. The van der Waals surface area contributed by atoms with Crippen LogP contribution in [0.25, 0.3) is 17.1 Å². The van der Waals surface area contributed by atoms with Gasteiger partial charge in [-0.2, -0.15) is 4.68 Å². The number of rotatable bonds is 6. The molecular weight excluding hydrogens is 356 g/mol. The van der Waals surface area contributed by atoms with Gasteiger partial charge in [0.15, 0.2) is 5.82 Å². The van der Waals surface area contributed by atoms with Crippen LogP contribution in [0.1, 0.15) is 23.7 Å². The number of hydrogen-bond acceptors (Lipinski definition) is 5.